The Balaban J connectivity index is 1.90. The first-order valence-electron chi connectivity index (χ1n) is 7.45. The van der Waals surface area contributed by atoms with Crippen LogP contribution in [0.4, 0.5) is 0 Å². The molecule has 4 unspecified atom stereocenters. The molecule has 0 radical (unpaired) electrons. The Labute approximate surface area is 138 Å². The fraction of sp³-hybridized carbons (Fsp3) is 0.562. The Bertz CT molecular complexity index is 664. The number of hydrogen-bond acceptors (Lipinski definition) is 1. The maximum absolute atomic E-state index is 6.41. The molecule has 106 valence electrons. The summed E-state index contributed by atoms with van der Waals surface area (Å²) in [7, 11) is 0. The van der Waals surface area contributed by atoms with Gasteiger partial charge in [0.05, 0.1) is 16.4 Å². The van der Waals surface area contributed by atoms with Crippen LogP contribution in [0.3, 0.4) is 0 Å². The van der Waals surface area contributed by atoms with E-state index in [0.29, 0.717) is 6.04 Å². The zero-order valence-corrected chi connectivity index (χ0v) is 14.4. The highest BCUT2D eigenvalue weighted by molar-refractivity contribution is 14.1. The van der Waals surface area contributed by atoms with Crippen molar-refractivity contribution in [3.05, 3.63) is 27.6 Å². The molecule has 0 N–H and O–H groups in total. The third-order valence-electron chi connectivity index (χ3n) is 5.07. The van der Waals surface area contributed by atoms with Crippen molar-refractivity contribution in [2.75, 3.05) is 0 Å². The van der Waals surface area contributed by atoms with E-state index in [4.69, 9.17) is 16.6 Å². The Morgan fingerprint density at radius 1 is 1.35 bits per heavy atom. The second-order valence-electron chi connectivity index (χ2n) is 6.33. The van der Waals surface area contributed by atoms with Gasteiger partial charge in [-0.05, 0) is 78.8 Å². The molecule has 20 heavy (non-hydrogen) atoms. The van der Waals surface area contributed by atoms with Gasteiger partial charge >= 0.3 is 0 Å². The zero-order chi connectivity index (χ0) is 13.9. The van der Waals surface area contributed by atoms with E-state index in [1.165, 1.54) is 34.8 Å². The summed E-state index contributed by atoms with van der Waals surface area (Å²) in [6, 6.07) is 7.19. The highest BCUT2D eigenvalue weighted by Crippen LogP contribution is 2.52. The molecule has 2 aliphatic rings. The van der Waals surface area contributed by atoms with Gasteiger partial charge in [-0.25, -0.2) is 4.98 Å². The quantitative estimate of drug-likeness (QED) is 0.494. The van der Waals surface area contributed by atoms with E-state index in [2.05, 4.69) is 45.4 Å². The number of halogens is 2. The number of aromatic nitrogens is 2. The summed E-state index contributed by atoms with van der Waals surface area (Å²) >= 11 is 8.77. The Hall–Kier alpha value is -0.290. The summed E-state index contributed by atoms with van der Waals surface area (Å²) in [6.45, 7) is 2.04. The van der Waals surface area contributed by atoms with Crippen molar-refractivity contribution >= 4 is 45.2 Å². The van der Waals surface area contributed by atoms with Crippen LogP contribution < -0.4 is 0 Å². The van der Waals surface area contributed by atoms with Gasteiger partial charge in [0.25, 0.3) is 0 Å². The highest BCUT2D eigenvalue weighted by Gasteiger charge is 2.41. The molecule has 4 atom stereocenters. The molecule has 0 saturated heterocycles. The van der Waals surface area contributed by atoms with Gasteiger partial charge in [0.2, 0.25) is 0 Å². The first kappa shape index (κ1) is 13.4. The highest BCUT2D eigenvalue weighted by atomic mass is 127. The molecule has 1 heterocycles. The van der Waals surface area contributed by atoms with Crippen LogP contribution in [0, 0.1) is 15.4 Å². The predicted octanol–water partition coefficient (Wildman–Crippen LogP) is 5.30. The maximum Gasteiger partial charge on any atom is 0.127 e. The predicted molar refractivity (Wildman–Crippen MR) is 91.2 cm³/mol. The van der Waals surface area contributed by atoms with Crippen molar-refractivity contribution < 1.29 is 0 Å². The molecule has 2 fully saturated rings. The number of benzene rings is 1. The van der Waals surface area contributed by atoms with Gasteiger partial charge in [0.1, 0.15) is 5.82 Å². The minimum absolute atomic E-state index is 0.0285. The third-order valence-corrected chi connectivity index (χ3v) is 5.93. The maximum atomic E-state index is 6.41. The number of rotatable bonds is 2. The van der Waals surface area contributed by atoms with Crippen LogP contribution >= 0.6 is 34.2 Å². The molecule has 0 amide bonds. The Morgan fingerprint density at radius 2 is 2.20 bits per heavy atom. The van der Waals surface area contributed by atoms with Crippen molar-refractivity contribution in [3.8, 4) is 0 Å². The molecule has 4 rings (SSSR count). The number of nitrogens with zero attached hydrogens (tertiary/aromatic N) is 2. The minimum atomic E-state index is -0.0285. The van der Waals surface area contributed by atoms with Crippen LogP contribution in [0.15, 0.2) is 18.2 Å². The molecular formula is C16H18ClIN2. The van der Waals surface area contributed by atoms with Gasteiger partial charge in [0, 0.05) is 9.61 Å². The van der Waals surface area contributed by atoms with Gasteiger partial charge in [-0.2, -0.15) is 0 Å². The van der Waals surface area contributed by atoms with Crippen LogP contribution in [0.1, 0.15) is 49.9 Å². The van der Waals surface area contributed by atoms with Crippen LogP contribution in [-0.2, 0) is 0 Å². The van der Waals surface area contributed by atoms with Crippen LogP contribution in [0.25, 0.3) is 11.0 Å². The average molecular weight is 401 g/mol. The molecule has 2 nitrogen and oxygen atoms in total. The lowest BCUT2D eigenvalue weighted by Gasteiger charge is -2.26. The lowest BCUT2D eigenvalue weighted by atomic mass is 9.95. The summed E-state index contributed by atoms with van der Waals surface area (Å²) in [5, 5.41) is -0.0285. The van der Waals surface area contributed by atoms with E-state index in [9.17, 15) is 0 Å². The van der Waals surface area contributed by atoms with Gasteiger partial charge in [-0.1, -0.05) is 6.42 Å². The normalized spacial score (nSPS) is 30.2. The molecule has 0 spiro atoms. The Kier molecular flexibility index (Phi) is 3.26. The molecule has 2 aliphatic carbocycles. The summed E-state index contributed by atoms with van der Waals surface area (Å²) in [4.78, 5) is 4.83. The van der Waals surface area contributed by atoms with Gasteiger partial charge < -0.3 is 4.57 Å². The van der Waals surface area contributed by atoms with Crippen molar-refractivity contribution in [2.24, 2.45) is 11.8 Å². The summed E-state index contributed by atoms with van der Waals surface area (Å²) in [6.07, 6.45) is 5.54. The van der Waals surface area contributed by atoms with Crippen LogP contribution in [0.2, 0.25) is 0 Å². The molecule has 4 heteroatoms. The fourth-order valence-corrected chi connectivity index (χ4v) is 4.88. The van der Waals surface area contributed by atoms with Crippen molar-refractivity contribution in [1.29, 1.82) is 0 Å². The number of hydrogen-bond donors (Lipinski definition) is 0. The van der Waals surface area contributed by atoms with Gasteiger partial charge in [0.15, 0.2) is 0 Å². The summed E-state index contributed by atoms with van der Waals surface area (Å²) in [5.41, 5.74) is 2.37. The number of alkyl halides is 1. The molecule has 2 bridgehead atoms. The van der Waals surface area contributed by atoms with Crippen molar-refractivity contribution in [2.45, 2.75) is 44.0 Å². The Morgan fingerprint density at radius 3 is 2.85 bits per heavy atom. The molecule has 2 saturated carbocycles. The SMILES string of the molecule is CC(Cl)c1nc2cc(I)ccc2n1C1CC2CCC1C2. The largest absolute Gasteiger partial charge is 0.323 e. The summed E-state index contributed by atoms with van der Waals surface area (Å²) in [5.74, 6) is 2.83. The van der Waals surface area contributed by atoms with Crippen LogP contribution in [-0.4, -0.2) is 9.55 Å². The second-order valence-corrected chi connectivity index (χ2v) is 8.23. The lowest BCUT2D eigenvalue weighted by molar-refractivity contribution is 0.329. The average Bonchev–Trinajstić information content (AvgIpc) is 3.09. The second kappa shape index (κ2) is 4.87. The zero-order valence-electron chi connectivity index (χ0n) is 11.5. The molecule has 1 aromatic heterocycles. The van der Waals surface area contributed by atoms with E-state index in [0.717, 1.165) is 23.2 Å². The van der Waals surface area contributed by atoms with Gasteiger partial charge in [-0.15, -0.1) is 11.6 Å². The number of fused-ring (bicyclic) bond motifs is 3. The van der Waals surface area contributed by atoms with E-state index in [1.54, 1.807) is 0 Å². The minimum Gasteiger partial charge on any atom is -0.323 e. The first-order valence-corrected chi connectivity index (χ1v) is 8.96. The number of imidazole rings is 1. The van der Waals surface area contributed by atoms with E-state index >= 15 is 0 Å². The molecule has 1 aromatic carbocycles. The lowest BCUT2D eigenvalue weighted by Crippen LogP contribution is -2.18. The molecule has 2 aromatic rings. The van der Waals surface area contributed by atoms with Gasteiger partial charge in [-0.3, -0.25) is 0 Å². The fourth-order valence-electron chi connectivity index (χ4n) is 4.25. The van der Waals surface area contributed by atoms with E-state index in [-0.39, 0.29) is 5.38 Å². The van der Waals surface area contributed by atoms with Crippen molar-refractivity contribution in [1.82, 2.24) is 9.55 Å². The standard InChI is InChI=1S/C16H18ClIN2/c1-9(17)16-19-13-8-12(18)4-5-14(13)20(16)15-7-10-2-3-11(15)6-10/h4-5,8-11,15H,2-3,6-7H2,1H3. The van der Waals surface area contributed by atoms with E-state index < -0.39 is 0 Å². The topological polar surface area (TPSA) is 17.8 Å². The van der Waals surface area contributed by atoms with Crippen molar-refractivity contribution in [3.63, 3.8) is 0 Å². The summed E-state index contributed by atoms with van der Waals surface area (Å²) < 4.78 is 3.70. The third kappa shape index (κ3) is 2.00. The smallest absolute Gasteiger partial charge is 0.127 e. The first-order chi connectivity index (χ1) is 9.63. The molecule has 0 aliphatic heterocycles. The monoisotopic (exact) mass is 400 g/mol. The van der Waals surface area contributed by atoms with Crippen LogP contribution in [0.5, 0.6) is 0 Å². The molecular weight excluding hydrogens is 383 g/mol. The van der Waals surface area contributed by atoms with E-state index in [1.807, 2.05) is 6.92 Å².